The average Bonchev–Trinajstić information content (AvgIpc) is 3.19. The number of benzene rings is 2. The molecule has 9 N–H and O–H groups in total. The number of aliphatic hydroxyl groups is 9. The number of ether oxygens (including phenoxy) is 9. The lowest BCUT2D eigenvalue weighted by Crippen LogP contribution is -2.64. The third kappa shape index (κ3) is 7.73. The summed E-state index contributed by atoms with van der Waals surface area (Å²) in [5.41, 5.74) is -0.804. The van der Waals surface area contributed by atoms with Gasteiger partial charge in [0.1, 0.15) is 77.4 Å². The van der Waals surface area contributed by atoms with Crippen molar-refractivity contribution in [2.45, 2.75) is 106 Å². The molecule has 3 fully saturated rings. The molecule has 15 atom stereocenters. The van der Waals surface area contributed by atoms with Crippen LogP contribution in [0, 0.1) is 0 Å². The second kappa shape index (κ2) is 16.9. The Morgan fingerprint density at radius 3 is 1.88 bits per heavy atom. The molecule has 6 rings (SSSR count). The van der Waals surface area contributed by atoms with E-state index in [1.807, 2.05) is 0 Å². The summed E-state index contributed by atoms with van der Waals surface area (Å²) in [5.74, 6) is -0.391. The topological polar surface area (TPSA) is 295 Å². The van der Waals surface area contributed by atoms with Crippen molar-refractivity contribution in [1.82, 2.24) is 0 Å². The maximum absolute atomic E-state index is 14.6. The maximum Gasteiger partial charge on any atom is 0.239 e. The number of methoxy groups -OCH3 is 3. The highest BCUT2D eigenvalue weighted by molar-refractivity contribution is 5.89. The van der Waals surface area contributed by atoms with Gasteiger partial charge in [0.2, 0.25) is 23.8 Å². The van der Waals surface area contributed by atoms with E-state index >= 15 is 0 Å². The fraction of sp³-hybridized carbons (Fsp3) is 0.583. The van der Waals surface area contributed by atoms with E-state index in [0.29, 0.717) is 5.75 Å². The molecule has 2 aromatic carbocycles. The van der Waals surface area contributed by atoms with E-state index in [4.69, 9.17) is 47.0 Å². The van der Waals surface area contributed by atoms with Gasteiger partial charge >= 0.3 is 0 Å². The Bertz CT molecular complexity index is 1890. The van der Waals surface area contributed by atoms with E-state index in [1.165, 1.54) is 65.5 Å². The van der Waals surface area contributed by atoms with Crippen molar-refractivity contribution >= 4 is 11.0 Å². The van der Waals surface area contributed by atoms with E-state index in [1.54, 1.807) is 0 Å². The van der Waals surface area contributed by atoms with E-state index in [9.17, 15) is 50.8 Å². The normalized spacial score (nSPS) is 36.2. The molecule has 1 aromatic heterocycles. The quantitative estimate of drug-likeness (QED) is 0.0988. The molecular formula is C36H46O20. The van der Waals surface area contributed by atoms with Gasteiger partial charge in [0.15, 0.2) is 29.7 Å². The van der Waals surface area contributed by atoms with Crippen molar-refractivity contribution in [2.75, 3.05) is 27.9 Å². The Labute approximate surface area is 318 Å². The molecule has 20 heteroatoms. The lowest BCUT2D eigenvalue weighted by Gasteiger charge is -2.45. The van der Waals surface area contributed by atoms with Crippen LogP contribution in [0.4, 0.5) is 0 Å². The molecule has 0 radical (unpaired) electrons. The second-order valence-electron chi connectivity index (χ2n) is 13.6. The van der Waals surface area contributed by atoms with Crippen LogP contribution in [0.3, 0.4) is 0 Å². The molecule has 4 heterocycles. The van der Waals surface area contributed by atoms with Crippen molar-refractivity contribution < 1.29 is 93.0 Å². The van der Waals surface area contributed by atoms with Crippen LogP contribution in [0.5, 0.6) is 28.7 Å². The largest absolute Gasteiger partial charge is 0.496 e. The highest BCUT2D eigenvalue weighted by atomic mass is 16.8. The Balaban J connectivity index is 1.46. The molecule has 0 unspecified atom stereocenters. The number of rotatable bonds is 11. The third-order valence-electron chi connectivity index (χ3n) is 9.98. The van der Waals surface area contributed by atoms with E-state index in [2.05, 4.69) is 0 Å². The van der Waals surface area contributed by atoms with Crippen molar-refractivity contribution in [3.63, 3.8) is 0 Å². The van der Waals surface area contributed by atoms with Crippen molar-refractivity contribution in [3.8, 4) is 40.1 Å². The number of hydrogen-bond donors (Lipinski definition) is 9. The van der Waals surface area contributed by atoms with Crippen molar-refractivity contribution in [1.29, 1.82) is 0 Å². The van der Waals surface area contributed by atoms with Crippen LogP contribution in [-0.4, -0.2) is 166 Å². The average molecular weight is 799 g/mol. The second-order valence-corrected chi connectivity index (χ2v) is 13.6. The molecule has 0 amide bonds. The van der Waals surface area contributed by atoms with Crippen LogP contribution >= 0.6 is 0 Å². The van der Waals surface area contributed by atoms with Crippen LogP contribution < -0.4 is 29.1 Å². The summed E-state index contributed by atoms with van der Waals surface area (Å²) in [6, 6.07) is 7.08. The first-order valence-electron chi connectivity index (χ1n) is 17.6. The summed E-state index contributed by atoms with van der Waals surface area (Å²) in [6.45, 7) is 2.10. The molecule has 3 aliphatic heterocycles. The monoisotopic (exact) mass is 798 g/mol. The molecule has 3 aromatic rings. The van der Waals surface area contributed by atoms with Gasteiger partial charge < -0.3 is 93.0 Å². The molecule has 0 spiro atoms. The Morgan fingerprint density at radius 2 is 1.23 bits per heavy atom. The fourth-order valence-electron chi connectivity index (χ4n) is 6.68. The summed E-state index contributed by atoms with van der Waals surface area (Å²) >= 11 is 0. The van der Waals surface area contributed by atoms with Crippen molar-refractivity contribution in [2.24, 2.45) is 0 Å². The molecule has 3 aliphatic rings. The molecule has 0 saturated carbocycles. The Morgan fingerprint density at radius 1 is 0.625 bits per heavy atom. The van der Waals surface area contributed by atoms with Crippen molar-refractivity contribution in [3.05, 3.63) is 40.6 Å². The molecule has 3 saturated heterocycles. The highest BCUT2D eigenvalue weighted by Gasteiger charge is 2.51. The van der Waals surface area contributed by atoms with Gasteiger partial charge in [0.05, 0.1) is 40.1 Å². The van der Waals surface area contributed by atoms with Gasteiger partial charge in [0, 0.05) is 17.7 Å². The van der Waals surface area contributed by atoms with Crippen LogP contribution in [0.15, 0.2) is 39.5 Å². The summed E-state index contributed by atoms with van der Waals surface area (Å²) in [4.78, 5) is 14.6. The maximum atomic E-state index is 14.6. The number of fused-ring (bicyclic) bond motifs is 1. The Kier molecular flexibility index (Phi) is 12.6. The predicted molar refractivity (Wildman–Crippen MR) is 186 cm³/mol. The Hall–Kier alpha value is -3.87. The predicted octanol–water partition coefficient (Wildman–Crippen LogP) is -2.28. The van der Waals surface area contributed by atoms with Gasteiger partial charge in [-0.05, 0) is 32.0 Å². The highest BCUT2D eigenvalue weighted by Crippen LogP contribution is 2.41. The standard InChI is InChI=1S/C36H46O20/c1-12-22(38)26(42)29(45)34(50-12)52-15-9-18(49-5)21-19(10-15)53-31(14-6-7-16(47-3)17(8-14)48-4)32(25(21)41)55-36-33(28(44)23(39)13(2)51-36)56-35-30(46)27(43)24(40)20(11-37)54-35/h6-10,12-13,20,22-24,26-30,33-40,42-46H,11H2,1-5H3/t12-,13+,20+,22+,23+,24-,26-,27+,28-,29+,30-,33+,34+,35+,36+/m1/s1. The van der Waals surface area contributed by atoms with Crippen LogP contribution in [0.25, 0.3) is 22.3 Å². The fourth-order valence-corrected chi connectivity index (χ4v) is 6.68. The van der Waals surface area contributed by atoms with Crippen LogP contribution in [0.2, 0.25) is 0 Å². The minimum absolute atomic E-state index is 0.0428. The molecule has 310 valence electrons. The lowest BCUT2D eigenvalue weighted by atomic mass is 9.97. The first-order chi connectivity index (χ1) is 26.6. The summed E-state index contributed by atoms with van der Waals surface area (Å²) < 4.78 is 57.5. The minimum Gasteiger partial charge on any atom is -0.496 e. The van der Waals surface area contributed by atoms with Gasteiger partial charge in [0.25, 0.3) is 0 Å². The van der Waals surface area contributed by atoms with Crippen LogP contribution in [-0.2, 0) is 18.9 Å². The van der Waals surface area contributed by atoms with E-state index < -0.39 is 110 Å². The molecule has 0 bridgehead atoms. The molecular weight excluding hydrogens is 752 g/mol. The van der Waals surface area contributed by atoms with Gasteiger partial charge in [-0.1, -0.05) is 0 Å². The number of aliphatic hydroxyl groups excluding tert-OH is 9. The van der Waals surface area contributed by atoms with Gasteiger partial charge in [-0.25, -0.2) is 0 Å². The zero-order valence-corrected chi connectivity index (χ0v) is 30.8. The number of hydrogen-bond acceptors (Lipinski definition) is 20. The first kappa shape index (κ1) is 41.8. The lowest BCUT2D eigenvalue weighted by molar-refractivity contribution is -0.355. The molecule has 20 nitrogen and oxygen atoms in total. The van der Waals surface area contributed by atoms with E-state index in [0.717, 1.165) is 0 Å². The van der Waals surface area contributed by atoms with Gasteiger partial charge in [-0.15, -0.1) is 0 Å². The SMILES string of the molecule is COc1ccc(-c2oc3cc(O[C@@H]4O[C@H](C)[C@H](O)[C@@H](O)[C@@H]4O)cc(OC)c3c(=O)c2O[C@@H]2O[C@@H](C)[C@H](O)[C@@H](O)[C@@H]2O[C@@H]2O[C@@H](CO)[C@@H](O)[C@H](O)[C@H]2O)cc1OC. The minimum atomic E-state index is -1.91. The summed E-state index contributed by atoms with van der Waals surface area (Å²) in [6.07, 6.45) is -23.8. The van der Waals surface area contributed by atoms with Crippen LogP contribution in [0.1, 0.15) is 13.8 Å². The smallest absolute Gasteiger partial charge is 0.239 e. The summed E-state index contributed by atoms with van der Waals surface area (Å²) in [5, 5.41) is 93.8. The van der Waals surface area contributed by atoms with Gasteiger partial charge in [-0.2, -0.15) is 0 Å². The first-order valence-corrected chi connectivity index (χ1v) is 17.6. The molecule has 0 aliphatic carbocycles. The van der Waals surface area contributed by atoms with E-state index in [-0.39, 0.29) is 39.5 Å². The third-order valence-corrected chi connectivity index (χ3v) is 9.98. The summed E-state index contributed by atoms with van der Waals surface area (Å²) in [7, 11) is 4.05. The zero-order valence-electron chi connectivity index (χ0n) is 30.8. The molecule has 56 heavy (non-hydrogen) atoms. The van der Waals surface area contributed by atoms with Gasteiger partial charge in [-0.3, -0.25) is 4.79 Å². The zero-order chi connectivity index (χ0) is 40.7.